The summed E-state index contributed by atoms with van der Waals surface area (Å²) >= 11 is 0. The summed E-state index contributed by atoms with van der Waals surface area (Å²) in [6.07, 6.45) is 2.92. The van der Waals surface area contributed by atoms with Crippen LogP contribution in [0.5, 0.6) is 5.75 Å². The van der Waals surface area contributed by atoms with Gasteiger partial charge in [-0.15, -0.1) is 6.58 Å². The number of carbonyl (C=O) groups is 3. The van der Waals surface area contributed by atoms with E-state index in [2.05, 4.69) is 27.5 Å². The van der Waals surface area contributed by atoms with Crippen molar-refractivity contribution in [3.63, 3.8) is 0 Å². The lowest BCUT2D eigenvalue weighted by Crippen LogP contribution is -2.69. The summed E-state index contributed by atoms with van der Waals surface area (Å²) in [6, 6.07) is 22.6. The van der Waals surface area contributed by atoms with Crippen molar-refractivity contribution in [2.75, 3.05) is 19.6 Å². The molecule has 2 heterocycles. The summed E-state index contributed by atoms with van der Waals surface area (Å²) < 4.78 is 0. The zero-order valence-electron chi connectivity index (χ0n) is 23.8. The summed E-state index contributed by atoms with van der Waals surface area (Å²) in [5, 5.41) is 19.7. The minimum absolute atomic E-state index is 0.0308. The molecule has 0 unspecified atom stereocenters. The molecule has 1 saturated heterocycles. The normalized spacial score (nSPS) is 16.7. The predicted molar refractivity (Wildman–Crippen MR) is 165 cm³/mol. The first kappa shape index (κ1) is 29.4. The molecule has 43 heavy (non-hydrogen) atoms. The highest BCUT2D eigenvalue weighted by molar-refractivity contribution is 5.91. The molecule has 222 valence electrons. The molecule has 0 saturated carbocycles. The van der Waals surface area contributed by atoms with Crippen LogP contribution in [-0.4, -0.2) is 69.6 Å². The van der Waals surface area contributed by atoms with Crippen molar-refractivity contribution < 1.29 is 19.5 Å². The minimum atomic E-state index is -0.890. The predicted octanol–water partition coefficient (Wildman–Crippen LogP) is 3.26. The Labute approximate surface area is 250 Å². The Hall–Kier alpha value is -5.09. The van der Waals surface area contributed by atoms with Gasteiger partial charge in [0.25, 0.3) is 0 Å². The van der Waals surface area contributed by atoms with Gasteiger partial charge in [-0.3, -0.25) is 9.59 Å². The van der Waals surface area contributed by atoms with E-state index in [0.717, 1.165) is 27.6 Å². The van der Waals surface area contributed by atoms with E-state index in [1.165, 1.54) is 4.90 Å². The number of H-pyrrole nitrogens is 1. The Kier molecular flexibility index (Phi) is 9.38. The van der Waals surface area contributed by atoms with E-state index in [4.69, 9.17) is 0 Å². The number of aromatic hydroxyl groups is 1. The van der Waals surface area contributed by atoms with Crippen LogP contribution in [0.2, 0.25) is 0 Å². The smallest absolute Gasteiger partial charge is 0.316 e. The van der Waals surface area contributed by atoms with Crippen molar-refractivity contribution in [3.05, 3.63) is 114 Å². The van der Waals surface area contributed by atoms with E-state index >= 15 is 0 Å². The second-order valence-corrected chi connectivity index (χ2v) is 10.5. The molecule has 5 N–H and O–H groups in total. The number of aromatic nitrogens is 1. The van der Waals surface area contributed by atoms with Gasteiger partial charge in [-0.05, 0) is 40.3 Å². The molecule has 0 aliphatic carbocycles. The van der Waals surface area contributed by atoms with Crippen LogP contribution in [0.3, 0.4) is 0 Å². The number of hydrogen-bond acceptors (Lipinski definition) is 5. The Balaban J connectivity index is 1.45. The highest BCUT2D eigenvalue weighted by Crippen LogP contribution is 2.25. The number of rotatable bonds is 11. The maximum absolute atomic E-state index is 14.2. The number of piperazine rings is 1. The Morgan fingerprint density at radius 2 is 1.79 bits per heavy atom. The number of benzene rings is 3. The number of phenolic OH excluding ortho intramolecular Hbond substituents is 1. The first-order chi connectivity index (χ1) is 20.9. The zero-order chi connectivity index (χ0) is 30.2. The third-order valence-corrected chi connectivity index (χ3v) is 7.51. The van der Waals surface area contributed by atoms with E-state index in [9.17, 15) is 19.5 Å². The van der Waals surface area contributed by atoms with Crippen LogP contribution in [-0.2, 0) is 29.1 Å². The quantitative estimate of drug-likeness (QED) is 0.137. The molecule has 3 aromatic carbocycles. The van der Waals surface area contributed by atoms with Crippen LogP contribution in [0.4, 0.5) is 4.79 Å². The number of para-hydroxylation sites is 1. The molecule has 10 nitrogen and oxygen atoms in total. The van der Waals surface area contributed by atoms with Crippen LogP contribution < -0.4 is 16.0 Å². The maximum Gasteiger partial charge on any atom is 0.316 e. The average Bonchev–Trinajstić information content (AvgIpc) is 3.50. The van der Waals surface area contributed by atoms with Gasteiger partial charge in [-0.25, -0.2) is 4.79 Å². The summed E-state index contributed by atoms with van der Waals surface area (Å²) in [4.78, 5) is 47.5. The Morgan fingerprint density at radius 1 is 1.00 bits per heavy atom. The van der Waals surface area contributed by atoms with Crippen LogP contribution in [0.25, 0.3) is 10.9 Å². The average molecular weight is 581 g/mol. The summed E-state index contributed by atoms with van der Waals surface area (Å²) in [7, 11) is 0. The van der Waals surface area contributed by atoms with Crippen molar-refractivity contribution in [1.82, 2.24) is 30.7 Å². The van der Waals surface area contributed by atoms with Gasteiger partial charge in [0.2, 0.25) is 11.8 Å². The minimum Gasteiger partial charge on any atom is -0.508 e. The molecule has 5 rings (SSSR count). The number of urea groups is 1. The largest absolute Gasteiger partial charge is 0.508 e. The fourth-order valence-corrected chi connectivity index (χ4v) is 5.42. The molecule has 1 aliphatic heterocycles. The number of nitrogens with zero attached hydrogens (tertiary/aromatic N) is 2. The van der Waals surface area contributed by atoms with Gasteiger partial charge in [-0.2, -0.15) is 0 Å². The van der Waals surface area contributed by atoms with Crippen molar-refractivity contribution in [2.45, 2.75) is 31.7 Å². The topological polar surface area (TPSA) is 130 Å². The molecule has 1 aliphatic rings. The third kappa shape index (κ3) is 7.22. The molecule has 1 aromatic heterocycles. The fraction of sp³-hybridized carbons (Fsp3) is 0.242. The van der Waals surface area contributed by atoms with E-state index in [0.29, 0.717) is 19.6 Å². The van der Waals surface area contributed by atoms with Crippen molar-refractivity contribution >= 4 is 28.7 Å². The third-order valence-electron chi connectivity index (χ3n) is 7.51. The second kappa shape index (κ2) is 13.7. The molecule has 2 atom stereocenters. The molecule has 4 aromatic rings. The van der Waals surface area contributed by atoms with Crippen molar-refractivity contribution in [2.24, 2.45) is 0 Å². The second-order valence-electron chi connectivity index (χ2n) is 10.5. The monoisotopic (exact) mass is 580 g/mol. The first-order valence-electron chi connectivity index (χ1n) is 14.3. The molecule has 0 spiro atoms. The van der Waals surface area contributed by atoms with Gasteiger partial charge < -0.3 is 35.8 Å². The van der Waals surface area contributed by atoms with Gasteiger partial charge in [0, 0.05) is 32.3 Å². The zero-order valence-corrected chi connectivity index (χ0v) is 23.8. The van der Waals surface area contributed by atoms with E-state index in [-0.39, 0.29) is 37.1 Å². The molecule has 0 radical (unpaired) electrons. The summed E-state index contributed by atoms with van der Waals surface area (Å²) in [5.41, 5.74) is 3.57. The van der Waals surface area contributed by atoms with Crippen LogP contribution in [0.15, 0.2) is 97.7 Å². The van der Waals surface area contributed by atoms with E-state index < -0.39 is 18.2 Å². The standard InChI is InChI=1S/C33H36N6O4/c1-2-16-34-20-30(41)39-28(18-23-11-13-27(40)14-12-23)32(42)38(21-26-10-6-9-25-15-17-35-31(25)26)22-29(39)37-33(43)36-19-24-7-4-3-5-8-24/h2-15,17,28-29,34-35,40H,1,16,18-22H2,(H2,36,37,43)/t28-,29+/m0/s1. The molecule has 1 fully saturated rings. The highest BCUT2D eigenvalue weighted by atomic mass is 16.3. The number of amides is 4. The number of aromatic amines is 1. The van der Waals surface area contributed by atoms with Crippen LogP contribution in [0.1, 0.15) is 16.7 Å². The summed E-state index contributed by atoms with van der Waals surface area (Å²) in [6.45, 7) is 4.78. The molecule has 0 bridgehead atoms. The summed E-state index contributed by atoms with van der Waals surface area (Å²) in [5.74, 6) is -0.439. The lowest BCUT2D eigenvalue weighted by molar-refractivity contribution is -0.156. The van der Waals surface area contributed by atoms with Crippen LogP contribution >= 0.6 is 0 Å². The van der Waals surface area contributed by atoms with Gasteiger partial charge in [0.1, 0.15) is 18.0 Å². The number of fused-ring (bicyclic) bond motifs is 1. The van der Waals surface area contributed by atoms with E-state index in [1.54, 1.807) is 35.2 Å². The maximum atomic E-state index is 14.2. The number of hydrogen-bond donors (Lipinski definition) is 5. The van der Waals surface area contributed by atoms with Crippen molar-refractivity contribution in [1.29, 1.82) is 0 Å². The molecular weight excluding hydrogens is 544 g/mol. The SMILES string of the molecule is C=CCNCC(=O)N1[C@@H](NC(=O)NCc2ccccc2)CN(Cc2cccc3cc[nH]c23)C(=O)[C@@H]1Cc1ccc(O)cc1. The highest BCUT2D eigenvalue weighted by Gasteiger charge is 2.43. The number of phenols is 1. The van der Waals surface area contributed by atoms with E-state index in [1.807, 2.05) is 60.8 Å². The lowest BCUT2D eigenvalue weighted by atomic mass is 9.98. The van der Waals surface area contributed by atoms with Gasteiger partial charge in [0.05, 0.1) is 18.6 Å². The molecule has 10 heteroatoms. The van der Waals surface area contributed by atoms with Gasteiger partial charge in [-0.1, -0.05) is 66.7 Å². The first-order valence-corrected chi connectivity index (χ1v) is 14.3. The number of nitrogens with one attached hydrogen (secondary N) is 4. The Bertz CT molecular complexity index is 1570. The lowest BCUT2D eigenvalue weighted by Gasteiger charge is -2.46. The fourth-order valence-electron chi connectivity index (χ4n) is 5.42. The Morgan fingerprint density at radius 3 is 2.56 bits per heavy atom. The van der Waals surface area contributed by atoms with Gasteiger partial charge >= 0.3 is 6.03 Å². The molecule has 4 amide bonds. The van der Waals surface area contributed by atoms with Crippen LogP contribution in [0, 0.1) is 0 Å². The van der Waals surface area contributed by atoms with Crippen molar-refractivity contribution in [3.8, 4) is 5.75 Å². The molecular formula is C33H36N6O4. The number of carbonyl (C=O) groups excluding carboxylic acids is 3. The van der Waals surface area contributed by atoms with Gasteiger partial charge in [0.15, 0.2) is 0 Å².